The number of aryl methyl sites for hydroxylation is 1. The highest BCUT2D eigenvalue weighted by atomic mass is 16.5. The molecular formula is C14H19N3O2. The minimum atomic E-state index is -0.0440. The number of nitrogens with zero attached hydrogens (tertiary/aromatic N) is 1. The van der Waals surface area contributed by atoms with Crippen LogP contribution in [0.1, 0.15) is 17.5 Å². The van der Waals surface area contributed by atoms with Crippen LogP contribution in [0.5, 0.6) is 0 Å². The van der Waals surface area contributed by atoms with Gasteiger partial charge in [0, 0.05) is 18.8 Å². The molecule has 1 fully saturated rings. The minimum Gasteiger partial charge on any atom is -0.398 e. The van der Waals surface area contributed by atoms with E-state index in [0.717, 1.165) is 42.9 Å². The second-order valence-electron chi connectivity index (χ2n) is 5.25. The zero-order valence-electron chi connectivity index (χ0n) is 11.1. The van der Waals surface area contributed by atoms with Gasteiger partial charge in [-0.15, -0.1) is 0 Å². The van der Waals surface area contributed by atoms with E-state index in [1.807, 2.05) is 13.0 Å². The number of hydrogen-bond acceptors (Lipinski definition) is 3. The van der Waals surface area contributed by atoms with Crippen molar-refractivity contribution in [3.63, 3.8) is 0 Å². The van der Waals surface area contributed by atoms with Crippen LogP contribution >= 0.6 is 0 Å². The molecule has 102 valence electrons. The third-order valence-corrected chi connectivity index (χ3v) is 3.87. The summed E-state index contributed by atoms with van der Waals surface area (Å²) in [6.45, 7) is 4.06. The lowest BCUT2D eigenvalue weighted by Crippen LogP contribution is -2.44. The molecule has 3 N–H and O–H groups in total. The Morgan fingerprint density at radius 2 is 2.37 bits per heavy atom. The van der Waals surface area contributed by atoms with Gasteiger partial charge in [-0.1, -0.05) is 6.07 Å². The summed E-state index contributed by atoms with van der Waals surface area (Å²) < 4.78 is 5.27. The van der Waals surface area contributed by atoms with Crippen molar-refractivity contribution in [1.82, 2.24) is 5.32 Å². The molecule has 1 atom stereocenters. The minimum absolute atomic E-state index is 0.0440. The number of nitrogen functional groups attached to an aromatic ring is 1. The largest absolute Gasteiger partial charge is 0.398 e. The Morgan fingerprint density at radius 1 is 1.53 bits per heavy atom. The van der Waals surface area contributed by atoms with Crippen molar-refractivity contribution >= 4 is 17.4 Å². The highest BCUT2D eigenvalue weighted by Crippen LogP contribution is 2.32. The van der Waals surface area contributed by atoms with Gasteiger partial charge in [-0.25, -0.2) is 4.79 Å². The van der Waals surface area contributed by atoms with Crippen LogP contribution in [0, 0.1) is 6.92 Å². The molecule has 19 heavy (non-hydrogen) atoms. The summed E-state index contributed by atoms with van der Waals surface area (Å²) in [5, 5.41) is 3.02. The number of nitrogens with one attached hydrogen (secondary N) is 1. The zero-order chi connectivity index (χ0) is 13.4. The normalized spacial score (nSPS) is 21.5. The SMILES string of the molecule is Cc1cc2c(cc1N)N(C(=O)NC1CCOC1)CC2. The molecule has 5 heteroatoms. The van der Waals surface area contributed by atoms with Crippen LogP contribution in [-0.2, 0) is 11.2 Å². The molecule has 2 aliphatic rings. The van der Waals surface area contributed by atoms with Gasteiger partial charge in [-0.3, -0.25) is 4.90 Å². The van der Waals surface area contributed by atoms with Crippen molar-refractivity contribution in [1.29, 1.82) is 0 Å². The van der Waals surface area contributed by atoms with Crippen molar-refractivity contribution in [2.24, 2.45) is 0 Å². The molecule has 3 rings (SSSR count). The van der Waals surface area contributed by atoms with Gasteiger partial charge in [-0.2, -0.15) is 0 Å². The summed E-state index contributed by atoms with van der Waals surface area (Å²) in [5.74, 6) is 0. The highest BCUT2D eigenvalue weighted by Gasteiger charge is 2.27. The Labute approximate surface area is 112 Å². The van der Waals surface area contributed by atoms with Crippen LogP contribution in [0.25, 0.3) is 0 Å². The maximum Gasteiger partial charge on any atom is 0.322 e. The maximum absolute atomic E-state index is 12.3. The Morgan fingerprint density at radius 3 is 3.11 bits per heavy atom. The van der Waals surface area contributed by atoms with Gasteiger partial charge in [0.1, 0.15) is 0 Å². The van der Waals surface area contributed by atoms with Crippen molar-refractivity contribution in [2.45, 2.75) is 25.8 Å². The average Bonchev–Trinajstić information content (AvgIpc) is 2.99. The number of fused-ring (bicyclic) bond motifs is 1. The molecule has 5 nitrogen and oxygen atoms in total. The molecule has 0 bridgehead atoms. The summed E-state index contributed by atoms with van der Waals surface area (Å²) in [4.78, 5) is 14.1. The number of ether oxygens (including phenoxy) is 1. The van der Waals surface area contributed by atoms with E-state index < -0.39 is 0 Å². The van der Waals surface area contributed by atoms with Crippen molar-refractivity contribution in [3.05, 3.63) is 23.3 Å². The quantitative estimate of drug-likeness (QED) is 0.752. The van der Waals surface area contributed by atoms with Gasteiger partial charge < -0.3 is 15.8 Å². The number of anilines is 2. The van der Waals surface area contributed by atoms with Gasteiger partial charge in [0.2, 0.25) is 0 Å². The number of benzene rings is 1. The van der Waals surface area contributed by atoms with Gasteiger partial charge >= 0.3 is 6.03 Å². The van der Waals surface area contributed by atoms with Crippen molar-refractivity contribution in [2.75, 3.05) is 30.4 Å². The van der Waals surface area contributed by atoms with Crippen molar-refractivity contribution < 1.29 is 9.53 Å². The molecule has 1 aromatic carbocycles. The van der Waals surface area contributed by atoms with Crippen LogP contribution in [-0.4, -0.2) is 31.8 Å². The summed E-state index contributed by atoms with van der Waals surface area (Å²) in [7, 11) is 0. The fourth-order valence-corrected chi connectivity index (χ4v) is 2.69. The predicted octanol–water partition coefficient (Wildman–Crippen LogP) is 1.44. The van der Waals surface area contributed by atoms with Crippen LogP contribution in [0.2, 0.25) is 0 Å². The van der Waals surface area contributed by atoms with Crippen LogP contribution < -0.4 is 16.0 Å². The van der Waals surface area contributed by atoms with E-state index in [2.05, 4.69) is 11.4 Å². The van der Waals surface area contributed by atoms with E-state index >= 15 is 0 Å². The molecular weight excluding hydrogens is 242 g/mol. The van der Waals surface area contributed by atoms with E-state index in [1.165, 1.54) is 5.56 Å². The Balaban J connectivity index is 1.77. The van der Waals surface area contributed by atoms with E-state index in [-0.39, 0.29) is 12.1 Å². The Bertz CT molecular complexity index is 510. The van der Waals surface area contributed by atoms with Gasteiger partial charge in [0.05, 0.1) is 18.3 Å². The number of nitrogens with two attached hydrogens (primary N) is 1. The monoisotopic (exact) mass is 261 g/mol. The summed E-state index contributed by atoms with van der Waals surface area (Å²) in [6, 6.07) is 4.08. The topological polar surface area (TPSA) is 67.6 Å². The van der Waals surface area contributed by atoms with E-state index in [9.17, 15) is 4.79 Å². The van der Waals surface area contributed by atoms with Crippen LogP contribution in [0.4, 0.5) is 16.2 Å². The molecule has 2 amide bonds. The number of carbonyl (C=O) groups excluding carboxylic acids is 1. The predicted molar refractivity (Wildman–Crippen MR) is 74.4 cm³/mol. The fraction of sp³-hybridized carbons (Fsp3) is 0.500. The molecule has 0 saturated carbocycles. The zero-order valence-corrected chi connectivity index (χ0v) is 11.1. The molecule has 0 spiro atoms. The molecule has 2 heterocycles. The smallest absolute Gasteiger partial charge is 0.322 e. The fourth-order valence-electron chi connectivity index (χ4n) is 2.69. The summed E-state index contributed by atoms with van der Waals surface area (Å²) >= 11 is 0. The number of carbonyl (C=O) groups is 1. The maximum atomic E-state index is 12.3. The molecule has 0 radical (unpaired) electrons. The number of amides is 2. The second kappa shape index (κ2) is 4.74. The first-order chi connectivity index (χ1) is 9.15. The second-order valence-corrected chi connectivity index (χ2v) is 5.25. The van der Waals surface area contributed by atoms with Gasteiger partial charge in [0.15, 0.2) is 0 Å². The number of urea groups is 1. The third-order valence-electron chi connectivity index (χ3n) is 3.87. The average molecular weight is 261 g/mol. The molecule has 0 aliphatic carbocycles. The summed E-state index contributed by atoms with van der Waals surface area (Å²) in [5.41, 5.74) is 9.90. The number of rotatable bonds is 1. The van der Waals surface area contributed by atoms with Crippen molar-refractivity contribution in [3.8, 4) is 0 Å². The molecule has 2 aliphatic heterocycles. The number of hydrogen-bond donors (Lipinski definition) is 2. The molecule has 1 saturated heterocycles. The Hall–Kier alpha value is -1.75. The first kappa shape index (κ1) is 12.3. The lowest BCUT2D eigenvalue weighted by molar-refractivity contribution is 0.189. The van der Waals surface area contributed by atoms with Crippen LogP contribution in [0.3, 0.4) is 0 Å². The van der Waals surface area contributed by atoms with E-state index in [0.29, 0.717) is 6.61 Å². The first-order valence-electron chi connectivity index (χ1n) is 6.70. The Kier molecular flexibility index (Phi) is 3.06. The lowest BCUT2D eigenvalue weighted by Gasteiger charge is -2.21. The summed E-state index contributed by atoms with van der Waals surface area (Å²) in [6.07, 6.45) is 1.79. The van der Waals surface area contributed by atoms with E-state index in [1.54, 1.807) is 4.90 Å². The molecule has 1 unspecified atom stereocenters. The van der Waals surface area contributed by atoms with Gasteiger partial charge in [-0.05, 0) is 37.0 Å². The molecule has 1 aromatic rings. The molecule has 0 aromatic heterocycles. The first-order valence-corrected chi connectivity index (χ1v) is 6.70. The lowest BCUT2D eigenvalue weighted by atomic mass is 10.1. The van der Waals surface area contributed by atoms with Gasteiger partial charge in [0.25, 0.3) is 0 Å². The highest BCUT2D eigenvalue weighted by molar-refractivity contribution is 5.95. The van der Waals surface area contributed by atoms with E-state index in [4.69, 9.17) is 10.5 Å². The van der Waals surface area contributed by atoms with Crippen LogP contribution in [0.15, 0.2) is 12.1 Å². The standard InChI is InChI=1S/C14H19N3O2/c1-9-6-10-2-4-17(13(10)7-12(9)15)14(18)16-11-3-5-19-8-11/h6-7,11H,2-5,8,15H2,1H3,(H,16,18). The third kappa shape index (κ3) is 2.26.